The molecule has 2 aliphatic carbocycles. The number of hydrogen-bond donors (Lipinski definition) is 1. The second-order valence-electron chi connectivity index (χ2n) is 4.25. The average molecular weight is 500 g/mol. The Balaban J connectivity index is 2.68. The van der Waals surface area contributed by atoms with Crippen LogP contribution in [-0.4, -0.2) is 40.4 Å². The third kappa shape index (κ3) is 1.42. The van der Waals surface area contributed by atoms with Crippen LogP contribution < -0.4 is 0 Å². The topological polar surface area (TPSA) is 38.7 Å². The van der Waals surface area contributed by atoms with Gasteiger partial charge in [0.1, 0.15) is 8.65 Å². The van der Waals surface area contributed by atoms with Gasteiger partial charge < -0.3 is 14.6 Å². The van der Waals surface area contributed by atoms with Crippen LogP contribution in [0, 0.1) is 5.92 Å². The Hall–Kier alpha value is 1.54. The van der Waals surface area contributed by atoms with E-state index in [0.29, 0.717) is 6.42 Å². The fraction of sp³-hybridized carbons (Fsp3) is 0.800. The Morgan fingerprint density at radius 1 is 1.24 bits per heavy atom. The molecule has 0 saturated heterocycles. The minimum Gasteiger partial charge on any atom is -0.396 e. The molecule has 98 valence electrons. The van der Waals surface area contributed by atoms with E-state index in [2.05, 4.69) is 63.7 Å². The number of alkyl halides is 2. The third-order valence-corrected chi connectivity index (χ3v) is 10.2. The van der Waals surface area contributed by atoms with Gasteiger partial charge in [-0.1, -0.05) is 63.7 Å². The summed E-state index contributed by atoms with van der Waals surface area (Å²) in [6.07, 6.45) is 0.714. The van der Waals surface area contributed by atoms with Gasteiger partial charge in [0.25, 0.3) is 0 Å². The smallest absolute Gasteiger partial charge is 0.208 e. The minimum atomic E-state index is -0.898. The van der Waals surface area contributed by atoms with Crippen molar-refractivity contribution in [2.45, 2.75) is 20.9 Å². The largest absolute Gasteiger partial charge is 0.396 e. The number of fused-ring (bicyclic) bond motifs is 2. The number of rotatable bonds is 3. The molecule has 3 atom stereocenters. The molecule has 0 aromatic carbocycles. The van der Waals surface area contributed by atoms with E-state index in [-0.39, 0.29) is 12.5 Å². The molecule has 0 unspecified atom stereocenters. The molecule has 0 radical (unpaired) electrons. The van der Waals surface area contributed by atoms with Gasteiger partial charge in [-0.3, -0.25) is 0 Å². The average Bonchev–Trinajstić information content (AvgIpc) is 2.60. The van der Waals surface area contributed by atoms with Gasteiger partial charge in [0, 0.05) is 35.7 Å². The van der Waals surface area contributed by atoms with Crippen LogP contribution >= 0.6 is 63.7 Å². The van der Waals surface area contributed by atoms with Crippen molar-refractivity contribution in [3.8, 4) is 0 Å². The molecule has 1 N–H and O–H groups in total. The zero-order chi connectivity index (χ0) is 13.1. The highest BCUT2D eigenvalue weighted by Crippen LogP contribution is 2.73. The monoisotopic (exact) mass is 496 g/mol. The maximum atomic E-state index is 9.57. The van der Waals surface area contributed by atoms with Gasteiger partial charge in [0.15, 0.2) is 0 Å². The molecule has 0 amide bonds. The van der Waals surface area contributed by atoms with Crippen molar-refractivity contribution in [3.05, 3.63) is 8.96 Å². The molecule has 0 spiro atoms. The van der Waals surface area contributed by atoms with Crippen molar-refractivity contribution >= 4 is 63.7 Å². The molecular formula is C10H12Br4O3. The zero-order valence-corrected chi connectivity index (χ0v) is 15.6. The summed E-state index contributed by atoms with van der Waals surface area (Å²) in [4.78, 5) is 0. The number of hydrogen-bond acceptors (Lipinski definition) is 3. The first kappa shape index (κ1) is 14.9. The number of aliphatic hydroxyl groups excluding tert-OH is 1. The number of methoxy groups -OCH3 is 2. The fourth-order valence-electron chi connectivity index (χ4n) is 2.96. The lowest BCUT2D eigenvalue weighted by atomic mass is 9.93. The second kappa shape index (κ2) is 4.53. The SMILES string of the molecule is COC1(OC)[C@@]2(Br)C(Br)=C(Br)[C@@]1(Br)C[C@H]2CO. The predicted octanol–water partition coefficient (Wildman–Crippen LogP) is 3.27. The minimum absolute atomic E-state index is 0.00236. The van der Waals surface area contributed by atoms with Gasteiger partial charge in [0.05, 0.1) is 0 Å². The van der Waals surface area contributed by atoms with Crippen molar-refractivity contribution in [2.75, 3.05) is 20.8 Å². The van der Waals surface area contributed by atoms with E-state index in [1.54, 1.807) is 14.2 Å². The lowest BCUT2D eigenvalue weighted by molar-refractivity contribution is -0.213. The molecule has 7 heteroatoms. The van der Waals surface area contributed by atoms with Gasteiger partial charge >= 0.3 is 0 Å². The van der Waals surface area contributed by atoms with E-state index >= 15 is 0 Å². The van der Waals surface area contributed by atoms with E-state index in [4.69, 9.17) is 9.47 Å². The summed E-state index contributed by atoms with van der Waals surface area (Å²) >= 11 is 14.6. The fourth-order valence-corrected chi connectivity index (χ4v) is 7.81. The Morgan fingerprint density at radius 3 is 2.12 bits per heavy atom. The van der Waals surface area contributed by atoms with Crippen LogP contribution in [0.4, 0.5) is 0 Å². The van der Waals surface area contributed by atoms with Gasteiger partial charge in [-0.2, -0.15) is 0 Å². The Kier molecular flexibility index (Phi) is 3.98. The van der Waals surface area contributed by atoms with Gasteiger partial charge in [-0.15, -0.1) is 0 Å². The lowest BCUT2D eigenvalue weighted by Gasteiger charge is -2.42. The maximum Gasteiger partial charge on any atom is 0.208 e. The molecule has 2 aliphatic rings. The van der Waals surface area contributed by atoms with Crippen LogP contribution in [0.3, 0.4) is 0 Å². The summed E-state index contributed by atoms with van der Waals surface area (Å²) in [5, 5.41) is 9.57. The Morgan fingerprint density at radius 2 is 1.76 bits per heavy atom. The third-order valence-electron chi connectivity index (χ3n) is 3.75. The van der Waals surface area contributed by atoms with Gasteiger partial charge in [-0.05, 0) is 6.42 Å². The van der Waals surface area contributed by atoms with E-state index in [1.807, 2.05) is 0 Å². The molecule has 17 heavy (non-hydrogen) atoms. The summed E-state index contributed by atoms with van der Waals surface area (Å²) in [5.41, 5.74) is 0. The van der Waals surface area contributed by atoms with Crippen molar-refractivity contribution < 1.29 is 14.6 Å². The molecule has 2 bridgehead atoms. The summed E-state index contributed by atoms with van der Waals surface area (Å²) in [7, 11) is 3.22. The molecule has 0 aromatic heterocycles. The van der Waals surface area contributed by atoms with E-state index in [9.17, 15) is 5.11 Å². The molecule has 2 rings (SSSR count). The number of halogens is 4. The standard InChI is InChI=1S/C10H12Br4O3/c1-16-10(17-2)8(13)3-5(4-15)9(10,14)7(12)6(8)11/h5,15H,3-4H2,1-2H3/t5-,8-,9-/m0/s1. The van der Waals surface area contributed by atoms with Crippen LogP contribution in [0.15, 0.2) is 8.96 Å². The molecule has 1 fully saturated rings. The second-order valence-corrected chi connectivity index (χ2v) is 8.44. The quantitative estimate of drug-likeness (QED) is 0.479. The molecule has 3 nitrogen and oxygen atoms in total. The van der Waals surface area contributed by atoms with E-state index in [1.165, 1.54) is 0 Å². The number of aliphatic hydroxyl groups is 1. The molecule has 0 heterocycles. The van der Waals surface area contributed by atoms with Crippen molar-refractivity contribution in [1.29, 1.82) is 0 Å². The summed E-state index contributed by atoms with van der Waals surface area (Å²) in [5.74, 6) is -0.900. The summed E-state index contributed by atoms with van der Waals surface area (Å²) in [6.45, 7) is 0.0580. The summed E-state index contributed by atoms with van der Waals surface area (Å²) in [6, 6.07) is 0. The van der Waals surface area contributed by atoms with E-state index < -0.39 is 14.4 Å². The molecule has 0 aliphatic heterocycles. The lowest BCUT2D eigenvalue weighted by Crippen LogP contribution is -2.56. The maximum absolute atomic E-state index is 9.57. The van der Waals surface area contributed by atoms with Crippen LogP contribution in [-0.2, 0) is 9.47 Å². The Bertz CT molecular complexity index is 382. The summed E-state index contributed by atoms with van der Waals surface area (Å²) < 4.78 is 12.1. The van der Waals surface area contributed by atoms with Crippen LogP contribution in [0.5, 0.6) is 0 Å². The van der Waals surface area contributed by atoms with Gasteiger partial charge in [-0.25, -0.2) is 0 Å². The van der Waals surface area contributed by atoms with E-state index in [0.717, 1.165) is 8.96 Å². The van der Waals surface area contributed by atoms with Crippen LogP contribution in [0.1, 0.15) is 6.42 Å². The van der Waals surface area contributed by atoms with Crippen molar-refractivity contribution in [1.82, 2.24) is 0 Å². The van der Waals surface area contributed by atoms with Gasteiger partial charge in [0.2, 0.25) is 5.79 Å². The molecular weight excluding hydrogens is 488 g/mol. The highest BCUT2D eigenvalue weighted by atomic mass is 79.9. The van der Waals surface area contributed by atoms with Crippen LogP contribution in [0.25, 0.3) is 0 Å². The highest BCUT2D eigenvalue weighted by Gasteiger charge is 2.79. The first-order valence-electron chi connectivity index (χ1n) is 5.01. The first-order chi connectivity index (χ1) is 7.85. The van der Waals surface area contributed by atoms with Crippen LogP contribution in [0.2, 0.25) is 0 Å². The molecule has 1 saturated carbocycles. The highest BCUT2D eigenvalue weighted by molar-refractivity contribution is 9.16. The number of ether oxygens (including phenoxy) is 2. The predicted molar refractivity (Wildman–Crippen MR) is 80.1 cm³/mol. The first-order valence-corrected chi connectivity index (χ1v) is 8.18. The van der Waals surface area contributed by atoms with Crippen molar-refractivity contribution in [2.24, 2.45) is 5.92 Å². The van der Waals surface area contributed by atoms with Crippen molar-refractivity contribution in [3.63, 3.8) is 0 Å². The Labute approximate surface area is 134 Å². The zero-order valence-electron chi connectivity index (χ0n) is 9.27. The normalized spacial score (nSPS) is 43.6. The molecule has 0 aromatic rings.